The third-order valence-electron chi connectivity index (χ3n) is 5.93. The van der Waals surface area contributed by atoms with Crippen LogP contribution in [0, 0.1) is 13.5 Å². The molecule has 1 aromatic carbocycles. The molecule has 0 atom stereocenters. The first-order chi connectivity index (χ1) is 18.1. The van der Waals surface area contributed by atoms with E-state index in [1.165, 1.54) is 0 Å². The normalized spacial score (nSPS) is 13.6. The van der Waals surface area contributed by atoms with Gasteiger partial charge < -0.3 is 24.6 Å². The molecular weight excluding hydrogens is 486 g/mol. The molecule has 4 rings (SSSR count). The van der Waals surface area contributed by atoms with Crippen molar-refractivity contribution >= 4 is 23.5 Å². The van der Waals surface area contributed by atoms with Gasteiger partial charge in [-0.15, -0.1) is 0 Å². The lowest BCUT2D eigenvalue weighted by molar-refractivity contribution is 0.0174. The van der Waals surface area contributed by atoms with Crippen LogP contribution in [0.3, 0.4) is 0 Å². The minimum absolute atomic E-state index is 0.263. The van der Waals surface area contributed by atoms with Crippen molar-refractivity contribution in [3.8, 4) is 22.8 Å². The van der Waals surface area contributed by atoms with Gasteiger partial charge in [-0.1, -0.05) is 24.3 Å². The molecule has 0 saturated carbocycles. The Morgan fingerprint density at radius 2 is 1.68 bits per heavy atom. The fraction of sp³-hybridized carbons (Fsp3) is 0.370. The van der Waals surface area contributed by atoms with Gasteiger partial charge in [-0.05, 0) is 45.4 Å². The zero-order valence-corrected chi connectivity index (χ0v) is 22.2. The number of urea groups is 1. The molecule has 3 amide bonds. The zero-order valence-electron chi connectivity index (χ0n) is 22.2. The number of nitrogens with zero attached hydrogens (tertiary/aromatic N) is 6. The Bertz CT molecular complexity index is 1340. The molecule has 1 N–H and O–H groups in total. The predicted octanol–water partition coefficient (Wildman–Crippen LogP) is 4.89. The summed E-state index contributed by atoms with van der Waals surface area (Å²) in [5.41, 5.74) is 2.98. The molecule has 1 saturated heterocycles. The summed E-state index contributed by atoms with van der Waals surface area (Å²) in [5, 5.41) is 7.47. The number of anilines is 1. The fourth-order valence-corrected chi connectivity index (χ4v) is 4.09. The number of piperazine rings is 1. The van der Waals surface area contributed by atoms with Crippen LogP contribution in [0.25, 0.3) is 21.8 Å². The highest BCUT2D eigenvalue weighted by molar-refractivity contribution is 5.89. The maximum Gasteiger partial charge on any atom is 0.410 e. The van der Waals surface area contributed by atoms with Crippen molar-refractivity contribution in [3.63, 3.8) is 0 Å². The maximum absolute atomic E-state index is 12.8. The molecule has 3 heterocycles. The van der Waals surface area contributed by atoms with E-state index >= 15 is 0 Å². The van der Waals surface area contributed by atoms with Crippen LogP contribution in [0.4, 0.5) is 21.0 Å². The van der Waals surface area contributed by atoms with E-state index in [-0.39, 0.29) is 12.1 Å². The van der Waals surface area contributed by atoms with Gasteiger partial charge in [0, 0.05) is 26.2 Å². The molecule has 11 nitrogen and oxygen atoms in total. The van der Waals surface area contributed by atoms with Crippen LogP contribution in [0.1, 0.15) is 26.5 Å². The maximum atomic E-state index is 12.8. The predicted molar refractivity (Wildman–Crippen MR) is 143 cm³/mol. The first-order valence-electron chi connectivity index (χ1n) is 12.2. The number of ether oxygens (including phenoxy) is 2. The number of carbonyl (C=O) groups is 2. The van der Waals surface area contributed by atoms with Gasteiger partial charge in [0.15, 0.2) is 11.5 Å². The number of pyridine rings is 1. The molecule has 1 aliphatic rings. The van der Waals surface area contributed by atoms with Crippen LogP contribution in [0.15, 0.2) is 42.6 Å². The van der Waals surface area contributed by atoms with Gasteiger partial charge in [-0.25, -0.2) is 19.4 Å². The van der Waals surface area contributed by atoms with Crippen molar-refractivity contribution < 1.29 is 19.1 Å². The molecule has 3 aromatic rings. The van der Waals surface area contributed by atoms with Gasteiger partial charge in [0.1, 0.15) is 5.60 Å². The standard InChI is InChI=1S/C27H31N7O4/c1-18-23(19-7-9-20(28-5)10-8-19)24(37-6)34(31-18)22-12-11-21(17-29-22)30-25(35)32-13-15-33(16-14-32)26(36)38-27(2,3)4/h7-12,17H,13-16H2,1-4,6H3,(H,30,35). The van der Waals surface area contributed by atoms with Crippen molar-refractivity contribution in [1.82, 2.24) is 24.6 Å². The number of methoxy groups -OCH3 is 1. The highest BCUT2D eigenvalue weighted by atomic mass is 16.6. The number of aryl methyl sites for hydroxylation is 1. The van der Waals surface area contributed by atoms with Crippen LogP contribution in [-0.2, 0) is 4.74 Å². The monoisotopic (exact) mass is 517 g/mol. The first-order valence-corrected chi connectivity index (χ1v) is 12.2. The number of hydrogen-bond acceptors (Lipinski definition) is 6. The minimum Gasteiger partial charge on any atom is -0.480 e. The molecule has 2 aromatic heterocycles. The van der Waals surface area contributed by atoms with E-state index in [1.54, 1.807) is 52.1 Å². The first kappa shape index (κ1) is 26.5. The molecule has 0 bridgehead atoms. The number of benzene rings is 1. The van der Waals surface area contributed by atoms with Crippen LogP contribution < -0.4 is 10.1 Å². The largest absolute Gasteiger partial charge is 0.480 e. The second-order valence-corrected chi connectivity index (χ2v) is 9.83. The summed E-state index contributed by atoms with van der Waals surface area (Å²) in [5.74, 6) is 1.04. The summed E-state index contributed by atoms with van der Waals surface area (Å²) < 4.78 is 12.7. The highest BCUT2D eigenvalue weighted by Crippen LogP contribution is 2.35. The average molecular weight is 518 g/mol. The molecule has 11 heteroatoms. The molecule has 0 radical (unpaired) electrons. The van der Waals surface area contributed by atoms with E-state index in [2.05, 4.69) is 20.2 Å². The Balaban J connectivity index is 1.42. The Kier molecular flexibility index (Phi) is 7.52. The summed E-state index contributed by atoms with van der Waals surface area (Å²) in [4.78, 5) is 36.2. The van der Waals surface area contributed by atoms with Crippen LogP contribution in [-0.4, -0.2) is 75.6 Å². The Labute approximate surface area is 221 Å². The summed E-state index contributed by atoms with van der Waals surface area (Å²) in [6.07, 6.45) is 1.19. The Morgan fingerprint density at radius 3 is 2.24 bits per heavy atom. The van der Waals surface area contributed by atoms with Gasteiger partial charge in [0.05, 0.1) is 36.8 Å². The zero-order chi connectivity index (χ0) is 27.4. The number of carbonyl (C=O) groups excluding carboxylic acids is 2. The molecular formula is C27H31N7O4. The van der Waals surface area contributed by atoms with Crippen molar-refractivity contribution in [3.05, 3.63) is 59.7 Å². The smallest absolute Gasteiger partial charge is 0.410 e. The number of aromatic nitrogens is 3. The fourth-order valence-electron chi connectivity index (χ4n) is 4.09. The SMILES string of the molecule is [C-]#[N+]c1ccc(-c2c(C)nn(-c3ccc(NC(=O)N4CCN(C(=O)OC(C)(C)C)CC4)cn3)c2OC)cc1. The van der Waals surface area contributed by atoms with Crippen LogP contribution in [0.5, 0.6) is 5.88 Å². The number of amides is 3. The van der Waals surface area contributed by atoms with E-state index < -0.39 is 5.60 Å². The molecule has 1 aliphatic heterocycles. The third-order valence-corrected chi connectivity index (χ3v) is 5.93. The third kappa shape index (κ3) is 5.86. The minimum atomic E-state index is -0.560. The molecule has 0 unspecified atom stereocenters. The highest BCUT2D eigenvalue weighted by Gasteiger charge is 2.28. The lowest BCUT2D eigenvalue weighted by atomic mass is 10.1. The summed E-state index contributed by atoms with van der Waals surface area (Å²) in [6.45, 7) is 16.1. The number of nitrogens with one attached hydrogen (secondary N) is 1. The molecule has 198 valence electrons. The Hall–Kier alpha value is -4.59. The summed E-state index contributed by atoms with van der Waals surface area (Å²) >= 11 is 0. The number of hydrogen-bond donors (Lipinski definition) is 1. The van der Waals surface area contributed by atoms with E-state index in [0.29, 0.717) is 49.3 Å². The topological polar surface area (TPSA) is 106 Å². The second kappa shape index (κ2) is 10.8. The molecule has 0 spiro atoms. The van der Waals surface area contributed by atoms with Crippen molar-refractivity contribution in [2.45, 2.75) is 33.3 Å². The molecule has 38 heavy (non-hydrogen) atoms. The van der Waals surface area contributed by atoms with Crippen molar-refractivity contribution in [1.29, 1.82) is 0 Å². The summed E-state index contributed by atoms with van der Waals surface area (Å²) in [7, 11) is 1.57. The van der Waals surface area contributed by atoms with Gasteiger partial charge in [0.25, 0.3) is 0 Å². The van der Waals surface area contributed by atoms with Crippen molar-refractivity contribution in [2.24, 2.45) is 0 Å². The summed E-state index contributed by atoms with van der Waals surface area (Å²) in [6, 6.07) is 10.5. The second-order valence-electron chi connectivity index (χ2n) is 9.83. The van der Waals surface area contributed by atoms with Gasteiger partial charge >= 0.3 is 12.1 Å². The van der Waals surface area contributed by atoms with E-state index in [4.69, 9.17) is 16.0 Å². The van der Waals surface area contributed by atoms with E-state index in [9.17, 15) is 9.59 Å². The van der Waals surface area contributed by atoms with Gasteiger partial charge in [-0.2, -0.15) is 9.78 Å². The van der Waals surface area contributed by atoms with Crippen LogP contribution >= 0.6 is 0 Å². The van der Waals surface area contributed by atoms with Gasteiger partial charge in [-0.3, -0.25) is 0 Å². The molecule has 1 fully saturated rings. The average Bonchev–Trinajstić information content (AvgIpc) is 3.24. The molecule has 0 aliphatic carbocycles. The van der Waals surface area contributed by atoms with Gasteiger partial charge in [0.2, 0.25) is 5.88 Å². The lowest BCUT2D eigenvalue weighted by Crippen LogP contribution is -2.52. The van der Waals surface area contributed by atoms with Crippen LogP contribution in [0.2, 0.25) is 0 Å². The quantitative estimate of drug-likeness (QED) is 0.494. The van der Waals surface area contributed by atoms with Crippen molar-refractivity contribution in [2.75, 3.05) is 38.6 Å². The lowest BCUT2D eigenvalue weighted by Gasteiger charge is -2.35. The number of rotatable bonds is 4. The Morgan fingerprint density at radius 1 is 1.03 bits per heavy atom. The van der Waals surface area contributed by atoms with E-state index in [1.807, 2.05) is 39.8 Å². The van der Waals surface area contributed by atoms with E-state index in [0.717, 1.165) is 16.8 Å².